The minimum Gasteiger partial charge on any atom is -0.296 e. The maximum absolute atomic E-state index is 4.33. The molecule has 1 aliphatic rings. The summed E-state index contributed by atoms with van der Waals surface area (Å²) in [5.74, 6) is 0. The Labute approximate surface area is 145 Å². The molecule has 1 aliphatic heterocycles. The fraction of sp³-hybridized carbons (Fsp3) is 0.667. The average Bonchev–Trinajstić information content (AvgIpc) is 3.31. The van der Waals surface area contributed by atoms with Crippen LogP contribution < -0.4 is 0 Å². The van der Waals surface area contributed by atoms with Crippen molar-refractivity contribution in [1.29, 1.82) is 0 Å². The van der Waals surface area contributed by atoms with Crippen LogP contribution in [0.2, 0.25) is 0 Å². The highest BCUT2D eigenvalue weighted by atomic mass is 15.3. The fourth-order valence-electron chi connectivity index (χ4n) is 3.72. The number of rotatable bonds is 8. The largest absolute Gasteiger partial charge is 0.296 e. The topological polar surface area (TPSA) is 42.1 Å². The number of aromatic nitrogens is 4. The lowest BCUT2D eigenvalue weighted by Gasteiger charge is -2.46. The van der Waals surface area contributed by atoms with Crippen molar-refractivity contribution in [3.8, 4) is 0 Å². The average molecular weight is 330 g/mol. The van der Waals surface area contributed by atoms with Crippen LogP contribution in [0.4, 0.5) is 0 Å². The van der Waals surface area contributed by atoms with Gasteiger partial charge in [-0.2, -0.15) is 10.2 Å². The first kappa shape index (κ1) is 17.2. The second-order valence-electron chi connectivity index (χ2n) is 6.65. The molecule has 2 aromatic rings. The molecule has 0 aromatic carbocycles. The van der Waals surface area contributed by atoms with E-state index in [9.17, 15) is 0 Å². The summed E-state index contributed by atoms with van der Waals surface area (Å²) in [5, 5.41) is 8.67. The van der Waals surface area contributed by atoms with Crippen molar-refractivity contribution >= 4 is 0 Å². The monoisotopic (exact) mass is 330 g/mol. The third-order valence-corrected chi connectivity index (χ3v) is 5.22. The maximum atomic E-state index is 4.33. The van der Waals surface area contributed by atoms with E-state index in [1.807, 2.05) is 33.9 Å². The first-order chi connectivity index (χ1) is 11.8. The molecule has 3 heterocycles. The van der Waals surface area contributed by atoms with Crippen molar-refractivity contribution in [2.75, 3.05) is 26.2 Å². The van der Waals surface area contributed by atoms with E-state index >= 15 is 0 Å². The van der Waals surface area contributed by atoms with Crippen molar-refractivity contribution in [2.24, 2.45) is 0 Å². The van der Waals surface area contributed by atoms with E-state index in [-0.39, 0.29) is 0 Å². The summed E-state index contributed by atoms with van der Waals surface area (Å²) in [6.45, 7) is 11.1. The molecule has 0 aliphatic carbocycles. The summed E-state index contributed by atoms with van der Waals surface area (Å²) in [7, 11) is 0. The first-order valence-electron chi connectivity index (χ1n) is 9.23. The third kappa shape index (κ3) is 4.24. The van der Waals surface area contributed by atoms with Gasteiger partial charge in [0.2, 0.25) is 0 Å². The molecule has 6 heteroatoms. The zero-order valence-corrected chi connectivity index (χ0v) is 15.0. The molecule has 6 nitrogen and oxygen atoms in total. The number of hydrogen-bond donors (Lipinski definition) is 0. The Bertz CT molecular complexity index is 512. The summed E-state index contributed by atoms with van der Waals surface area (Å²) < 4.78 is 4.08. The smallest absolute Gasteiger partial charge is 0.0536 e. The Hall–Kier alpha value is -1.66. The number of nitrogens with zero attached hydrogens (tertiary/aromatic N) is 6. The molecular weight excluding hydrogens is 300 g/mol. The SMILES string of the molecule is CC[C@@H]1CN(CCn2cccn2)[C@@H](CC)CN1CCn1cccn1. The second-order valence-corrected chi connectivity index (χ2v) is 6.65. The molecule has 0 radical (unpaired) electrons. The maximum Gasteiger partial charge on any atom is 0.0536 e. The molecule has 0 spiro atoms. The Morgan fingerprint density at radius 1 is 0.750 bits per heavy atom. The van der Waals surface area contributed by atoms with E-state index < -0.39 is 0 Å². The molecule has 3 rings (SSSR count). The van der Waals surface area contributed by atoms with E-state index in [2.05, 4.69) is 46.2 Å². The lowest BCUT2D eigenvalue weighted by atomic mass is 10.0. The third-order valence-electron chi connectivity index (χ3n) is 5.22. The molecule has 132 valence electrons. The van der Waals surface area contributed by atoms with Crippen LogP contribution in [-0.2, 0) is 13.1 Å². The Balaban J connectivity index is 1.56. The quantitative estimate of drug-likeness (QED) is 0.742. The molecule has 0 bridgehead atoms. The van der Waals surface area contributed by atoms with Gasteiger partial charge in [-0.05, 0) is 25.0 Å². The lowest BCUT2D eigenvalue weighted by Crippen LogP contribution is -2.58. The van der Waals surface area contributed by atoms with Gasteiger partial charge in [0, 0.05) is 63.1 Å². The zero-order valence-electron chi connectivity index (χ0n) is 15.0. The summed E-state index contributed by atoms with van der Waals surface area (Å²) in [6.07, 6.45) is 10.2. The predicted molar refractivity (Wildman–Crippen MR) is 95.8 cm³/mol. The van der Waals surface area contributed by atoms with E-state index in [4.69, 9.17) is 0 Å². The van der Waals surface area contributed by atoms with Crippen LogP contribution >= 0.6 is 0 Å². The predicted octanol–water partition coefficient (Wildman–Crippen LogP) is 1.95. The normalized spacial score (nSPS) is 22.9. The summed E-state index contributed by atoms with van der Waals surface area (Å²) in [4.78, 5) is 5.33. The van der Waals surface area contributed by atoms with Gasteiger partial charge < -0.3 is 0 Å². The highest BCUT2D eigenvalue weighted by Crippen LogP contribution is 2.19. The zero-order chi connectivity index (χ0) is 16.8. The highest BCUT2D eigenvalue weighted by Gasteiger charge is 2.31. The molecule has 0 N–H and O–H groups in total. The van der Waals surface area contributed by atoms with Gasteiger partial charge in [0.15, 0.2) is 0 Å². The highest BCUT2D eigenvalue weighted by molar-refractivity contribution is 4.88. The van der Waals surface area contributed by atoms with Gasteiger partial charge >= 0.3 is 0 Å². The van der Waals surface area contributed by atoms with Gasteiger partial charge in [-0.25, -0.2) is 0 Å². The molecule has 1 fully saturated rings. The molecule has 24 heavy (non-hydrogen) atoms. The van der Waals surface area contributed by atoms with Crippen LogP contribution in [0.1, 0.15) is 26.7 Å². The van der Waals surface area contributed by atoms with Gasteiger partial charge in [0.1, 0.15) is 0 Å². The lowest BCUT2D eigenvalue weighted by molar-refractivity contribution is 0.0200. The summed E-state index contributed by atoms with van der Waals surface area (Å²) >= 11 is 0. The Kier molecular flexibility index (Phi) is 6.04. The van der Waals surface area contributed by atoms with E-state index in [1.54, 1.807) is 0 Å². The first-order valence-corrected chi connectivity index (χ1v) is 9.23. The van der Waals surface area contributed by atoms with Gasteiger partial charge in [-0.3, -0.25) is 19.2 Å². The molecule has 1 saturated heterocycles. The minimum absolute atomic E-state index is 0.640. The van der Waals surface area contributed by atoms with Crippen LogP contribution in [0.25, 0.3) is 0 Å². The van der Waals surface area contributed by atoms with E-state index in [1.165, 1.54) is 12.8 Å². The van der Waals surface area contributed by atoms with Crippen molar-refractivity contribution in [2.45, 2.75) is 51.9 Å². The molecule has 0 amide bonds. The van der Waals surface area contributed by atoms with Crippen LogP contribution in [0.5, 0.6) is 0 Å². The molecule has 2 atom stereocenters. The number of hydrogen-bond acceptors (Lipinski definition) is 4. The van der Waals surface area contributed by atoms with Gasteiger partial charge in [0.05, 0.1) is 13.1 Å². The van der Waals surface area contributed by atoms with Crippen molar-refractivity contribution in [1.82, 2.24) is 29.4 Å². The van der Waals surface area contributed by atoms with E-state index in [0.717, 1.165) is 39.3 Å². The van der Waals surface area contributed by atoms with Crippen LogP contribution in [-0.4, -0.2) is 67.6 Å². The van der Waals surface area contributed by atoms with E-state index in [0.29, 0.717) is 12.1 Å². The van der Waals surface area contributed by atoms with Crippen LogP contribution in [0.15, 0.2) is 36.9 Å². The molecule has 0 saturated carbocycles. The standard InChI is InChI=1S/C18H30N6/c1-3-17-15-22(12-14-24-10-6-8-20-24)18(4-2)16-21(17)11-13-23-9-5-7-19-23/h5-10,17-18H,3-4,11-16H2,1-2H3/t17-,18+. The van der Waals surface area contributed by atoms with Crippen molar-refractivity contribution in [3.05, 3.63) is 36.9 Å². The Morgan fingerprint density at radius 3 is 1.54 bits per heavy atom. The van der Waals surface area contributed by atoms with Gasteiger partial charge in [-0.1, -0.05) is 13.8 Å². The fourth-order valence-corrected chi connectivity index (χ4v) is 3.72. The summed E-state index contributed by atoms with van der Waals surface area (Å²) in [6, 6.07) is 5.28. The molecular formula is C18H30N6. The van der Waals surface area contributed by atoms with Crippen LogP contribution in [0, 0.1) is 0 Å². The van der Waals surface area contributed by atoms with Gasteiger partial charge in [0.25, 0.3) is 0 Å². The van der Waals surface area contributed by atoms with Gasteiger partial charge in [-0.15, -0.1) is 0 Å². The molecule has 2 aromatic heterocycles. The van der Waals surface area contributed by atoms with Crippen LogP contribution in [0.3, 0.4) is 0 Å². The number of piperazine rings is 1. The van der Waals surface area contributed by atoms with Crippen molar-refractivity contribution < 1.29 is 0 Å². The minimum atomic E-state index is 0.640. The second kappa shape index (κ2) is 8.44. The summed E-state index contributed by atoms with van der Waals surface area (Å²) in [5.41, 5.74) is 0. The molecule has 0 unspecified atom stereocenters. The van der Waals surface area contributed by atoms with Crippen molar-refractivity contribution in [3.63, 3.8) is 0 Å². The Morgan fingerprint density at radius 2 is 1.21 bits per heavy atom.